The number of nitrogens with zero attached hydrogens (tertiary/aromatic N) is 2. The molecule has 1 aliphatic rings. The fraction of sp³-hybridized carbons (Fsp3) is 0.533. The maximum atomic E-state index is 10.6. The summed E-state index contributed by atoms with van der Waals surface area (Å²) in [5.41, 5.74) is 2.55. The number of carbonyl (C=O) groups is 1. The largest absolute Gasteiger partial charge is 0.492 e. The van der Waals surface area contributed by atoms with Crippen molar-refractivity contribution in [3.05, 3.63) is 29.3 Å². The maximum absolute atomic E-state index is 10.6. The Hall–Kier alpha value is -1.55. The van der Waals surface area contributed by atoms with Gasteiger partial charge in [-0.3, -0.25) is 9.69 Å². The van der Waals surface area contributed by atoms with Crippen LogP contribution >= 0.6 is 0 Å². The number of hydrogen-bond donors (Lipinski definition) is 0. The number of ether oxygens (including phenoxy) is 1. The molecule has 2 rings (SSSR count). The molecule has 1 saturated heterocycles. The summed E-state index contributed by atoms with van der Waals surface area (Å²) in [6.07, 6.45) is 0.933. The van der Waals surface area contributed by atoms with Crippen molar-refractivity contribution < 1.29 is 9.53 Å². The van der Waals surface area contributed by atoms with E-state index in [1.54, 1.807) is 0 Å². The van der Waals surface area contributed by atoms with Crippen LogP contribution in [0.3, 0.4) is 0 Å². The highest BCUT2D eigenvalue weighted by Crippen LogP contribution is 2.16. The molecule has 0 N–H and O–H groups in total. The van der Waals surface area contributed by atoms with E-state index in [0.717, 1.165) is 44.9 Å². The Bertz CT molecular complexity index is 426. The minimum absolute atomic E-state index is 0.698. The Morgan fingerprint density at radius 2 is 1.89 bits per heavy atom. The van der Waals surface area contributed by atoms with Gasteiger partial charge in [0.25, 0.3) is 0 Å². The van der Waals surface area contributed by atoms with Gasteiger partial charge in [-0.2, -0.15) is 0 Å². The first-order valence-corrected chi connectivity index (χ1v) is 6.81. The normalized spacial score (nSPS) is 16.4. The standard InChI is InChI=1S/C15H22N2O2/c1-13-3-4-15(11-14(13)2)19-10-9-16-5-7-17(12-18)8-6-16/h3-4,11-12H,5-10H2,1-2H3. The summed E-state index contributed by atoms with van der Waals surface area (Å²) < 4.78 is 5.77. The minimum Gasteiger partial charge on any atom is -0.492 e. The van der Waals surface area contributed by atoms with Gasteiger partial charge in [0.1, 0.15) is 12.4 Å². The van der Waals surface area contributed by atoms with Crippen molar-refractivity contribution in [1.82, 2.24) is 9.80 Å². The fourth-order valence-corrected chi connectivity index (χ4v) is 2.19. The van der Waals surface area contributed by atoms with Gasteiger partial charge in [0.2, 0.25) is 6.41 Å². The lowest BCUT2D eigenvalue weighted by Gasteiger charge is -2.32. The minimum atomic E-state index is 0.698. The van der Waals surface area contributed by atoms with Crippen molar-refractivity contribution in [3.8, 4) is 5.75 Å². The van der Waals surface area contributed by atoms with Gasteiger partial charge in [-0.15, -0.1) is 0 Å². The number of piperazine rings is 1. The first-order chi connectivity index (χ1) is 9.19. The average Bonchev–Trinajstić information content (AvgIpc) is 2.43. The topological polar surface area (TPSA) is 32.8 Å². The lowest BCUT2D eigenvalue weighted by atomic mass is 10.1. The van der Waals surface area contributed by atoms with Gasteiger partial charge >= 0.3 is 0 Å². The predicted molar refractivity (Wildman–Crippen MR) is 75.5 cm³/mol. The first kappa shape index (κ1) is 13.9. The van der Waals surface area contributed by atoms with Gasteiger partial charge in [0.05, 0.1) is 0 Å². The maximum Gasteiger partial charge on any atom is 0.209 e. The van der Waals surface area contributed by atoms with Crippen molar-refractivity contribution in [1.29, 1.82) is 0 Å². The van der Waals surface area contributed by atoms with Crippen molar-refractivity contribution >= 4 is 6.41 Å². The summed E-state index contributed by atoms with van der Waals surface area (Å²) in [5, 5.41) is 0. The number of rotatable bonds is 5. The number of carbonyl (C=O) groups excluding carboxylic acids is 1. The van der Waals surface area contributed by atoms with Gasteiger partial charge < -0.3 is 9.64 Å². The molecule has 19 heavy (non-hydrogen) atoms. The third-order valence-corrected chi connectivity index (χ3v) is 3.71. The molecule has 0 radical (unpaired) electrons. The Balaban J connectivity index is 1.72. The molecule has 1 aromatic rings. The molecule has 1 aromatic carbocycles. The third-order valence-electron chi connectivity index (χ3n) is 3.71. The molecule has 0 atom stereocenters. The van der Waals surface area contributed by atoms with E-state index in [-0.39, 0.29) is 0 Å². The molecule has 1 aliphatic heterocycles. The van der Waals surface area contributed by atoms with Gasteiger partial charge in [-0.05, 0) is 37.1 Å². The summed E-state index contributed by atoms with van der Waals surface area (Å²) in [5.74, 6) is 0.939. The fourth-order valence-electron chi connectivity index (χ4n) is 2.19. The zero-order chi connectivity index (χ0) is 13.7. The molecule has 0 spiro atoms. The van der Waals surface area contributed by atoms with E-state index in [0.29, 0.717) is 6.61 Å². The molecule has 1 amide bonds. The highest BCUT2D eigenvalue weighted by Gasteiger charge is 2.14. The number of aryl methyl sites for hydroxylation is 2. The monoisotopic (exact) mass is 262 g/mol. The van der Waals surface area contributed by atoms with Crippen molar-refractivity contribution in [3.63, 3.8) is 0 Å². The second-order valence-electron chi connectivity index (χ2n) is 5.08. The Kier molecular flexibility index (Phi) is 4.80. The summed E-state index contributed by atoms with van der Waals surface area (Å²) in [6.45, 7) is 9.35. The molecule has 0 unspecified atom stereocenters. The molecule has 0 aliphatic carbocycles. The summed E-state index contributed by atoms with van der Waals surface area (Å²) in [4.78, 5) is 14.8. The van der Waals surface area contributed by atoms with E-state index in [2.05, 4.69) is 30.9 Å². The zero-order valence-corrected chi connectivity index (χ0v) is 11.8. The molecule has 0 aromatic heterocycles. The van der Waals surface area contributed by atoms with Crippen molar-refractivity contribution in [2.24, 2.45) is 0 Å². The van der Waals surface area contributed by atoms with Crippen LogP contribution in [0.25, 0.3) is 0 Å². The molecule has 1 heterocycles. The number of hydrogen-bond acceptors (Lipinski definition) is 3. The Morgan fingerprint density at radius 3 is 2.53 bits per heavy atom. The SMILES string of the molecule is Cc1ccc(OCCN2CCN(C=O)CC2)cc1C. The summed E-state index contributed by atoms with van der Waals surface area (Å²) in [7, 11) is 0. The van der Waals surface area contributed by atoms with Crippen LogP contribution in [0.4, 0.5) is 0 Å². The van der Waals surface area contributed by atoms with Crippen LogP contribution in [0.5, 0.6) is 5.75 Å². The highest BCUT2D eigenvalue weighted by molar-refractivity contribution is 5.47. The van der Waals surface area contributed by atoms with E-state index < -0.39 is 0 Å². The highest BCUT2D eigenvalue weighted by atomic mass is 16.5. The van der Waals surface area contributed by atoms with Crippen molar-refractivity contribution in [2.75, 3.05) is 39.3 Å². The average molecular weight is 262 g/mol. The quantitative estimate of drug-likeness (QED) is 0.753. The zero-order valence-electron chi connectivity index (χ0n) is 11.8. The van der Waals surface area contributed by atoms with Crippen LogP contribution in [0.15, 0.2) is 18.2 Å². The molecular weight excluding hydrogens is 240 g/mol. The van der Waals surface area contributed by atoms with Crippen LogP contribution < -0.4 is 4.74 Å². The second kappa shape index (κ2) is 6.57. The summed E-state index contributed by atoms with van der Waals surface area (Å²) >= 11 is 0. The Labute approximate surface area is 115 Å². The predicted octanol–water partition coefficient (Wildman–Crippen LogP) is 1.46. The van der Waals surface area contributed by atoms with Gasteiger partial charge in [-0.1, -0.05) is 6.07 Å². The van der Waals surface area contributed by atoms with Crippen LogP contribution in [0, 0.1) is 13.8 Å². The molecule has 104 valence electrons. The first-order valence-electron chi connectivity index (χ1n) is 6.81. The van der Waals surface area contributed by atoms with E-state index >= 15 is 0 Å². The van der Waals surface area contributed by atoms with Gasteiger partial charge in [0.15, 0.2) is 0 Å². The number of benzene rings is 1. The van der Waals surface area contributed by atoms with E-state index in [1.165, 1.54) is 11.1 Å². The lowest BCUT2D eigenvalue weighted by Crippen LogP contribution is -2.46. The Morgan fingerprint density at radius 1 is 1.16 bits per heavy atom. The molecule has 4 heteroatoms. The molecular formula is C15H22N2O2. The van der Waals surface area contributed by atoms with Crippen LogP contribution in [0.1, 0.15) is 11.1 Å². The van der Waals surface area contributed by atoms with Crippen molar-refractivity contribution in [2.45, 2.75) is 13.8 Å². The van der Waals surface area contributed by atoms with Gasteiger partial charge in [-0.25, -0.2) is 0 Å². The smallest absolute Gasteiger partial charge is 0.209 e. The van der Waals surface area contributed by atoms with E-state index in [9.17, 15) is 4.79 Å². The third kappa shape index (κ3) is 3.96. The van der Waals surface area contributed by atoms with E-state index in [4.69, 9.17) is 4.74 Å². The molecule has 1 fully saturated rings. The summed E-state index contributed by atoms with van der Waals surface area (Å²) in [6, 6.07) is 6.19. The molecule has 0 saturated carbocycles. The van der Waals surface area contributed by atoms with Crippen LogP contribution in [0.2, 0.25) is 0 Å². The van der Waals surface area contributed by atoms with Crippen LogP contribution in [-0.2, 0) is 4.79 Å². The van der Waals surface area contributed by atoms with Crippen LogP contribution in [-0.4, -0.2) is 55.5 Å². The van der Waals surface area contributed by atoms with E-state index in [1.807, 2.05) is 11.0 Å². The van der Waals surface area contributed by atoms with Gasteiger partial charge in [0, 0.05) is 32.7 Å². The molecule has 4 nitrogen and oxygen atoms in total. The number of amides is 1. The second-order valence-corrected chi connectivity index (χ2v) is 5.08. The lowest BCUT2D eigenvalue weighted by molar-refractivity contribution is -0.119. The molecule has 0 bridgehead atoms.